The Bertz CT molecular complexity index is 2910. The van der Waals surface area contributed by atoms with Crippen molar-refractivity contribution < 1.29 is 76.3 Å². The number of epoxide rings is 1. The molecule has 27 heteroatoms. The molecule has 9 N–H and O–H groups in total. The van der Waals surface area contributed by atoms with E-state index in [1.54, 1.807) is 71.9 Å². The SMILES string of the molecule is C=C(CBr)C(=O)OC(C)(C)CCCCC(=O)N[C@H](C(=O)N[C@@H](CCCNC(N)=O)C(=O)Nc1cc(Cl)c(NC(=O)O[C@H]2CC(=O)N(C)c3cc(cc(OC)c3Cl)C/C(C)=C/C=C/[C@@H](OC)[C@@]3(O)C[C@H](OC(=O)N3)[C@@H](C)[C@@H]3O[C@@]23C)cc1F)C(C)C. The predicted molar refractivity (Wildman–Crippen MR) is 320 cm³/mol. The fraction of sp³-hybridized carbons (Fsp3) is 0.552. The van der Waals surface area contributed by atoms with Crippen LogP contribution >= 0.6 is 39.1 Å². The number of nitrogens with one attached hydrogen (secondary N) is 6. The summed E-state index contributed by atoms with van der Waals surface area (Å²) in [6.07, 6.45) is -0.214. The molecule has 5 rings (SSSR count). The first-order chi connectivity index (χ1) is 39.8. The monoisotopic (exact) mass is 1290 g/mol. The van der Waals surface area contributed by atoms with Gasteiger partial charge in [0.25, 0.3) is 0 Å². The summed E-state index contributed by atoms with van der Waals surface area (Å²) in [5, 5.41) is 27.1. The van der Waals surface area contributed by atoms with Gasteiger partial charge in [-0.2, -0.15) is 0 Å². The minimum Gasteiger partial charge on any atom is -0.495 e. The Morgan fingerprint density at radius 1 is 1.04 bits per heavy atom. The maximum Gasteiger partial charge on any atom is 0.412 e. The summed E-state index contributed by atoms with van der Waals surface area (Å²) >= 11 is 16.6. The van der Waals surface area contributed by atoms with E-state index in [2.05, 4.69) is 54.4 Å². The van der Waals surface area contributed by atoms with E-state index in [-0.39, 0.29) is 70.3 Å². The second kappa shape index (κ2) is 30.2. The molecule has 3 heterocycles. The molecule has 9 atom stereocenters. The Morgan fingerprint density at radius 3 is 2.39 bits per heavy atom. The van der Waals surface area contributed by atoms with Crippen LogP contribution in [-0.2, 0) is 54.1 Å². The number of amides is 8. The summed E-state index contributed by atoms with van der Waals surface area (Å²) in [5.74, 6) is -5.17. The molecular weight excluding hydrogens is 1220 g/mol. The fourth-order valence-electron chi connectivity index (χ4n) is 9.93. The molecule has 0 radical (unpaired) electrons. The molecule has 2 aromatic rings. The molecule has 8 amide bonds. The number of aliphatic hydroxyl groups is 1. The van der Waals surface area contributed by atoms with Gasteiger partial charge in [-0.05, 0) is 95.9 Å². The number of esters is 1. The van der Waals surface area contributed by atoms with Gasteiger partial charge in [0.15, 0.2) is 5.72 Å². The van der Waals surface area contributed by atoms with E-state index in [4.69, 9.17) is 57.4 Å². The number of nitrogens with two attached hydrogens (primary N) is 1. The fourth-order valence-corrected chi connectivity index (χ4v) is 10.7. The number of carbonyl (C=O) groups excluding carboxylic acids is 8. The van der Waals surface area contributed by atoms with Crippen LogP contribution < -0.4 is 47.3 Å². The quantitative estimate of drug-likeness (QED) is 0.0138. The van der Waals surface area contributed by atoms with E-state index in [0.717, 1.165) is 17.7 Å². The second-order valence-electron chi connectivity index (χ2n) is 22.5. The Balaban J connectivity index is 1.35. The van der Waals surface area contributed by atoms with Gasteiger partial charge >= 0.3 is 24.2 Å². The molecule has 2 fully saturated rings. The van der Waals surface area contributed by atoms with E-state index < -0.39 is 131 Å². The first kappa shape index (κ1) is 69.3. The molecule has 2 saturated heterocycles. The number of halogens is 4. The van der Waals surface area contributed by atoms with Crippen LogP contribution in [0.15, 0.2) is 60.2 Å². The number of hydrogen-bond donors (Lipinski definition) is 8. The standard InChI is InChI=1S/C58H78BrCl2FN8O15/c1-30(2)48(68-45(71)19-12-13-20-56(6,7)85-52(75)32(4)29-59)51(74)65-37(17-15-21-64-53(63)76)50(73)66-39-25-35(60)38(26-36(39)62)67-54(77)83-44-27-46(72)70(9)40-23-34(24-41(80-10)47(40)61)22-31(3)16-14-18-43(81-11)58(79)28-42(82-55(78)69-58)33(5)49-57(44,8)84-49/h14,16,18,23-26,30,33,37,42-44,48-49,79H,4,12-13,15,17,19-22,27-29H2,1-3,5-11H3,(H,65,74)(H,66,73)(H,67,77)(H,68,71)(H,69,78)(H3,63,64,76)/b18-14+,31-16+/t33-,37+,42+,43-,44+,48+,49+,57+,58+/m1/s1. The third-order valence-corrected chi connectivity index (χ3v) is 16.2. The number of anilines is 3. The van der Waals surface area contributed by atoms with Crippen molar-refractivity contribution in [3.63, 3.8) is 0 Å². The Kier molecular flexibility index (Phi) is 24.6. The van der Waals surface area contributed by atoms with E-state index in [0.29, 0.717) is 31.2 Å². The average molecular weight is 1300 g/mol. The van der Waals surface area contributed by atoms with Gasteiger partial charge in [-0.15, -0.1) is 0 Å². The number of urea groups is 1. The number of methoxy groups -OCH3 is 2. The lowest BCUT2D eigenvalue weighted by molar-refractivity contribution is -0.152. The van der Waals surface area contributed by atoms with Gasteiger partial charge in [-0.25, -0.2) is 23.6 Å². The van der Waals surface area contributed by atoms with Crippen LogP contribution in [-0.4, -0.2) is 139 Å². The largest absolute Gasteiger partial charge is 0.495 e. The topological polar surface area (TPSA) is 317 Å². The molecule has 23 nitrogen and oxygen atoms in total. The summed E-state index contributed by atoms with van der Waals surface area (Å²) in [6.45, 7) is 15.7. The lowest BCUT2D eigenvalue weighted by atomic mass is 9.83. The summed E-state index contributed by atoms with van der Waals surface area (Å²) in [4.78, 5) is 107. The van der Waals surface area contributed by atoms with Crippen LogP contribution in [0.4, 0.5) is 35.8 Å². The van der Waals surface area contributed by atoms with Crippen molar-refractivity contribution in [2.24, 2.45) is 17.6 Å². The third-order valence-electron chi connectivity index (χ3n) is 14.9. The number of ether oxygens (including phenoxy) is 6. The maximum atomic E-state index is 16.2. The normalized spacial score (nSPS) is 24.1. The van der Waals surface area contributed by atoms with E-state index >= 15 is 4.39 Å². The number of alkyl carbamates (subject to hydrolysis) is 1. The molecule has 0 spiro atoms. The highest BCUT2D eigenvalue weighted by atomic mass is 79.9. The summed E-state index contributed by atoms with van der Waals surface area (Å²) in [7, 11) is 4.30. The second-order valence-corrected chi connectivity index (χ2v) is 23.8. The number of primary amides is 1. The lowest BCUT2D eigenvalue weighted by Crippen LogP contribution is -2.63. The van der Waals surface area contributed by atoms with Crippen LogP contribution in [0, 0.1) is 17.7 Å². The van der Waals surface area contributed by atoms with Gasteiger partial charge < -0.3 is 65.4 Å². The van der Waals surface area contributed by atoms with Gasteiger partial charge in [0.05, 0.1) is 41.7 Å². The van der Waals surface area contributed by atoms with Crippen molar-refractivity contribution in [3.05, 3.63) is 81.6 Å². The molecular formula is C58H78BrCl2FN8O15. The molecule has 3 aliphatic rings. The zero-order chi connectivity index (χ0) is 63.3. The number of allylic oxidation sites excluding steroid dienone is 3. The minimum absolute atomic E-state index is 0.00832. The predicted octanol–water partition coefficient (Wildman–Crippen LogP) is 8.01. The number of fused-ring (bicyclic) bond motifs is 5. The maximum absolute atomic E-state index is 16.2. The van der Waals surface area contributed by atoms with E-state index in [1.807, 2.05) is 6.92 Å². The summed E-state index contributed by atoms with van der Waals surface area (Å²) < 4.78 is 50.8. The van der Waals surface area contributed by atoms with Crippen LogP contribution in [0.25, 0.3) is 0 Å². The van der Waals surface area contributed by atoms with Gasteiger partial charge in [0.2, 0.25) is 23.6 Å². The summed E-state index contributed by atoms with van der Waals surface area (Å²) in [5.41, 5.74) is 2.34. The number of carbonyl (C=O) groups is 8. The van der Waals surface area contributed by atoms with Crippen molar-refractivity contribution in [1.82, 2.24) is 21.3 Å². The van der Waals surface area contributed by atoms with E-state index in [9.17, 15) is 43.5 Å². The molecule has 85 heavy (non-hydrogen) atoms. The van der Waals surface area contributed by atoms with Crippen molar-refractivity contribution in [3.8, 4) is 5.75 Å². The molecule has 0 unspecified atom stereocenters. The lowest BCUT2D eigenvalue weighted by Gasteiger charge is -2.42. The highest BCUT2D eigenvalue weighted by Crippen LogP contribution is 2.49. The van der Waals surface area contributed by atoms with Crippen molar-refractivity contribution in [2.45, 2.75) is 160 Å². The Morgan fingerprint density at radius 2 is 1.74 bits per heavy atom. The number of benzene rings is 2. The molecule has 468 valence electrons. The number of nitrogens with zero attached hydrogens (tertiary/aromatic N) is 1. The molecule has 0 saturated carbocycles. The number of alkyl halides is 1. The minimum atomic E-state index is -1.94. The van der Waals surface area contributed by atoms with Crippen molar-refractivity contribution in [1.29, 1.82) is 0 Å². The van der Waals surface area contributed by atoms with Gasteiger partial charge in [0, 0.05) is 56.4 Å². The Hall–Kier alpha value is -6.51. The number of unbranched alkanes of at least 4 members (excludes halogenated alkanes) is 1. The first-order valence-corrected chi connectivity index (χ1v) is 29.5. The van der Waals surface area contributed by atoms with Gasteiger partial charge in [-0.1, -0.05) is 90.3 Å². The third kappa shape index (κ3) is 19.0. The van der Waals surface area contributed by atoms with Crippen LogP contribution in [0.5, 0.6) is 5.75 Å². The van der Waals surface area contributed by atoms with Crippen LogP contribution in [0.1, 0.15) is 105 Å². The van der Waals surface area contributed by atoms with Crippen LogP contribution in [0.3, 0.4) is 0 Å². The molecule has 3 aliphatic heterocycles. The van der Waals surface area contributed by atoms with Crippen molar-refractivity contribution >= 4 is 104 Å². The van der Waals surface area contributed by atoms with E-state index in [1.165, 1.54) is 26.2 Å². The number of rotatable bonds is 22. The smallest absolute Gasteiger partial charge is 0.412 e. The summed E-state index contributed by atoms with van der Waals surface area (Å²) in [6, 6.07) is 1.95. The molecule has 2 aromatic carbocycles. The van der Waals surface area contributed by atoms with Crippen LogP contribution in [0.2, 0.25) is 10.0 Å². The Labute approximate surface area is 512 Å². The number of hydrogen-bond acceptors (Lipinski definition) is 15. The highest BCUT2D eigenvalue weighted by molar-refractivity contribution is 9.09. The van der Waals surface area contributed by atoms with Gasteiger partial charge in [0.1, 0.15) is 58.2 Å². The first-order valence-electron chi connectivity index (χ1n) is 27.6. The van der Waals surface area contributed by atoms with Crippen molar-refractivity contribution in [2.75, 3.05) is 48.7 Å². The highest BCUT2D eigenvalue weighted by Gasteiger charge is 2.64. The average Bonchev–Trinajstić information content (AvgIpc) is 2.99. The zero-order valence-corrected chi connectivity index (χ0v) is 52.4. The molecule has 0 aliphatic carbocycles. The molecule has 0 aromatic heterocycles. The van der Waals surface area contributed by atoms with Gasteiger partial charge in [-0.3, -0.25) is 29.8 Å². The molecule has 4 bridgehead atoms. The zero-order valence-electron chi connectivity index (χ0n) is 49.3.